The topological polar surface area (TPSA) is 43.3 Å². The Labute approximate surface area is 146 Å². The zero-order chi connectivity index (χ0) is 18.9. The number of hydrogen-bond acceptors (Lipinski definition) is 2. The molecule has 0 saturated carbocycles. The number of nitrogens with zero attached hydrogens (tertiary/aromatic N) is 1. The van der Waals surface area contributed by atoms with Gasteiger partial charge in [0.05, 0.1) is 11.9 Å². The zero-order valence-electron chi connectivity index (χ0n) is 13.6. The number of carbonyl (C=O) groups excluding carboxylic acids is 1. The van der Waals surface area contributed by atoms with Crippen LogP contribution in [0, 0.1) is 5.82 Å². The first-order valence-electron chi connectivity index (χ1n) is 7.60. The SMILES string of the molecule is Cn1cc(CC(=O)Nc2ccc(OC(F)(F)F)cc2)c2ccc(F)cc21. The van der Waals surface area contributed by atoms with E-state index in [9.17, 15) is 22.4 Å². The first-order valence-corrected chi connectivity index (χ1v) is 7.60. The molecule has 0 fully saturated rings. The van der Waals surface area contributed by atoms with Crippen LogP contribution in [0.15, 0.2) is 48.7 Å². The Morgan fingerprint density at radius 3 is 2.50 bits per heavy atom. The number of amides is 1. The van der Waals surface area contributed by atoms with E-state index in [1.807, 2.05) is 0 Å². The van der Waals surface area contributed by atoms with Crippen molar-refractivity contribution in [3.05, 3.63) is 60.0 Å². The van der Waals surface area contributed by atoms with Gasteiger partial charge in [-0.1, -0.05) is 0 Å². The van der Waals surface area contributed by atoms with Gasteiger partial charge in [0.25, 0.3) is 0 Å². The molecule has 2 aromatic carbocycles. The van der Waals surface area contributed by atoms with Crippen LogP contribution in [-0.4, -0.2) is 16.8 Å². The summed E-state index contributed by atoms with van der Waals surface area (Å²) >= 11 is 0. The quantitative estimate of drug-likeness (QED) is 0.696. The Morgan fingerprint density at radius 2 is 1.85 bits per heavy atom. The maximum absolute atomic E-state index is 13.3. The average molecular weight is 366 g/mol. The zero-order valence-corrected chi connectivity index (χ0v) is 13.6. The molecule has 0 spiro atoms. The summed E-state index contributed by atoms with van der Waals surface area (Å²) in [6.07, 6.45) is -2.98. The molecule has 1 heterocycles. The van der Waals surface area contributed by atoms with Gasteiger partial charge in [0.2, 0.25) is 5.91 Å². The summed E-state index contributed by atoms with van der Waals surface area (Å²) in [6, 6.07) is 9.18. The average Bonchev–Trinajstić information content (AvgIpc) is 2.83. The number of anilines is 1. The van der Waals surface area contributed by atoms with Crippen molar-refractivity contribution in [2.45, 2.75) is 12.8 Å². The molecule has 0 aliphatic rings. The third kappa shape index (κ3) is 4.14. The summed E-state index contributed by atoms with van der Waals surface area (Å²) in [7, 11) is 1.75. The second-order valence-electron chi connectivity index (χ2n) is 5.72. The van der Waals surface area contributed by atoms with Gasteiger partial charge in [-0.3, -0.25) is 4.79 Å². The van der Waals surface area contributed by atoms with E-state index >= 15 is 0 Å². The van der Waals surface area contributed by atoms with Gasteiger partial charge in [-0.15, -0.1) is 13.2 Å². The minimum atomic E-state index is -4.77. The molecule has 0 aliphatic carbocycles. The molecule has 0 bridgehead atoms. The van der Waals surface area contributed by atoms with Crippen LogP contribution < -0.4 is 10.1 Å². The molecule has 0 radical (unpaired) electrons. The number of benzene rings is 2. The van der Waals surface area contributed by atoms with Crippen LogP contribution in [-0.2, 0) is 18.3 Å². The largest absolute Gasteiger partial charge is 0.573 e. The summed E-state index contributed by atoms with van der Waals surface area (Å²) in [5.41, 5.74) is 1.73. The van der Waals surface area contributed by atoms with Gasteiger partial charge in [-0.2, -0.15) is 0 Å². The standard InChI is InChI=1S/C18H14F4N2O2/c1-24-10-11(15-7-2-12(19)9-16(15)24)8-17(25)23-13-3-5-14(6-4-13)26-18(20,21)22/h2-7,9-10H,8H2,1H3,(H,23,25). The highest BCUT2D eigenvalue weighted by Crippen LogP contribution is 2.25. The second-order valence-corrected chi connectivity index (χ2v) is 5.72. The third-order valence-electron chi connectivity index (χ3n) is 3.76. The van der Waals surface area contributed by atoms with Gasteiger partial charge in [0.15, 0.2) is 0 Å². The Hall–Kier alpha value is -3.03. The van der Waals surface area contributed by atoms with Crippen molar-refractivity contribution < 1.29 is 27.1 Å². The fourth-order valence-electron chi connectivity index (χ4n) is 2.70. The molecule has 0 aliphatic heterocycles. The number of nitrogens with one attached hydrogen (secondary N) is 1. The molecule has 0 atom stereocenters. The third-order valence-corrected chi connectivity index (χ3v) is 3.76. The van der Waals surface area contributed by atoms with E-state index in [1.165, 1.54) is 24.3 Å². The molecule has 136 valence electrons. The van der Waals surface area contributed by atoms with Crippen molar-refractivity contribution in [1.29, 1.82) is 0 Å². The molecule has 3 aromatic rings. The van der Waals surface area contributed by atoms with Crippen molar-refractivity contribution in [1.82, 2.24) is 4.57 Å². The molecule has 1 amide bonds. The lowest BCUT2D eigenvalue weighted by Crippen LogP contribution is -2.17. The lowest BCUT2D eigenvalue weighted by molar-refractivity contribution is -0.274. The maximum atomic E-state index is 13.3. The molecule has 0 unspecified atom stereocenters. The molecular weight excluding hydrogens is 352 g/mol. The predicted molar refractivity (Wildman–Crippen MR) is 88.3 cm³/mol. The van der Waals surface area contributed by atoms with Crippen molar-refractivity contribution in [2.75, 3.05) is 5.32 Å². The highest BCUT2D eigenvalue weighted by atomic mass is 19.4. The predicted octanol–water partition coefficient (Wildman–Crippen LogP) is 4.40. The van der Waals surface area contributed by atoms with Crippen LogP contribution >= 0.6 is 0 Å². The summed E-state index contributed by atoms with van der Waals surface area (Å²) in [4.78, 5) is 12.2. The van der Waals surface area contributed by atoms with Gasteiger partial charge in [-0.05, 0) is 48.0 Å². The number of carbonyl (C=O) groups is 1. The fourth-order valence-corrected chi connectivity index (χ4v) is 2.70. The number of fused-ring (bicyclic) bond motifs is 1. The smallest absolute Gasteiger partial charge is 0.406 e. The van der Waals surface area contributed by atoms with Crippen molar-refractivity contribution in [3.8, 4) is 5.75 Å². The van der Waals surface area contributed by atoms with E-state index in [-0.39, 0.29) is 23.9 Å². The lowest BCUT2D eigenvalue weighted by Gasteiger charge is -2.10. The molecule has 3 rings (SSSR count). The Kier molecular flexibility index (Phi) is 4.58. The normalized spacial score (nSPS) is 11.6. The van der Waals surface area contributed by atoms with E-state index < -0.39 is 6.36 Å². The number of hydrogen-bond donors (Lipinski definition) is 1. The first-order chi connectivity index (χ1) is 12.2. The number of halogens is 4. The number of aromatic nitrogens is 1. The number of ether oxygens (including phenoxy) is 1. The van der Waals surface area contributed by atoms with Crippen LogP contribution in [0.4, 0.5) is 23.2 Å². The number of rotatable bonds is 4. The molecule has 8 heteroatoms. The van der Waals surface area contributed by atoms with Crippen LogP contribution in [0.3, 0.4) is 0 Å². The van der Waals surface area contributed by atoms with Gasteiger partial charge in [0.1, 0.15) is 11.6 Å². The summed E-state index contributed by atoms with van der Waals surface area (Å²) < 4.78 is 55.2. The van der Waals surface area contributed by atoms with Gasteiger partial charge >= 0.3 is 6.36 Å². The summed E-state index contributed by atoms with van der Waals surface area (Å²) in [6.45, 7) is 0. The maximum Gasteiger partial charge on any atom is 0.573 e. The van der Waals surface area contributed by atoms with E-state index in [1.54, 1.807) is 23.9 Å². The van der Waals surface area contributed by atoms with Gasteiger partial charge < -0.3 is 14.6 Å². The Morgan fingerprint density at radius 1 is 1.15 bits per heavy atom. The number of aryl methyl sites for hydroxylation is 1. The van der Waals surface area contributed by atoms with Crippen molar-refractivity contribution in [2.24, 2.45) is 7.05 Å². The second kappa shape index (κ2) is 6.70. The lowest BCUT2D eigenvalue weighted by atomic mass is 10.1. The molecular formula is C18H14F4N2O2. The molecule has 4 nitrogen and oxygen atoms in total. The van der Waals surface area contributed by atoms with E-state index in [0.29, 0.717) is 11.2 Å². The Bertz CT molecular complexity index is 946. The van der Waals surface area contributed by atoms with Crippen molar-refractivity contribution in [3.63, 3.8) is 0 Å². The minimum absolute atomic E-state index is 0.0454. The molecule has 26 heavy (non-hydrogen) atoms. The highest BCUT2D eigenvalue weighted by Gasteiger charge is 2.30. The minimum Gasteiger partial charge on any atom is -0.406 e. The monoisotopic (exact) mass is 366 g/mol. The van der Waals surface area contributed by atoms with Crippen molar-refractivity contribution >= 4 is 22.5 Å². The summed E-state index contributed by atoms with van der Waals surface area (Å²) in [5, 5.41) is 3.37. The Balaban J connectivity index is 1.70. The van der Waals surface area contributed by atoms with Crippen LogP contribution in [0.1, 0.15) is 5.56 Å². The van der Waals surface area contributed by atoms with E-state index in [0.717, 1.165) is 23.1 Å². The number of alkyl halides is 3. The molecule has 1 aromatic heterocycles. The highest BCUT2D eigenvalue weighted by molar-refractivity contribution is 5.96. The van der Waals surface area contributed by atoms with Gasteiger partial charge in [-0.25, -0.2) is 4.39 Å². The molecule has 0 saturated heterocycles. The van der Waals surface area contributed by atoms with E-state index in [2.05, 4.69) is 10.1 Å². The summed E-state index contributed by atoms with van der Waals surface area (Å²) in [5.74, 6) is -1.08. The van der Waals surface area contributed by atoms with E-state index in [4.69, 9.17) is 0 Å². The first kappa shape index (κ1) is 17.8. The van der Waals surface area contributed by atoms with Gasteiger partial charge in [0, 0.05) is 24.3 Å². The van der Waals surface area contributed by atoms with Crippen LogP contribution in [0.5, 0.6) is 5.75 Å². The van der Waals surface area contributed by atoms with Crippen LogP contribution in [0.25, 0.3) is 10.9 Å². The van der Waals surface area contributed by atoms with Crippen LogP contribution in [0.2, 0.25) is 0 Å². The molecule has 1 N–H and O–H groups in total. The fraction of sp³-hybridized carbons (Fsp3) is 0.167.